The van der Waals surface area contributed by atoms with Crippen molar-refractivity contribution in [1.82, 2.24) is 0 Å². The summed E-state index contributed by atoms with van der Waals surface area (Å²) in [5.41, 5.74) is 0. The molecule has 0 N–H and O–H groups in total. The van der Waals surface area contributed by atoms with E-state index in [0.717, 1.165) is 77.0 Å². The molecule has 60 heavy (non-hydrogen) atoms. The fourth-order valence-electron chi connectivity index (χ4n) is 6.88. The van der Waals surface area contributed by atoms with Crippen LogP contribution < -0.4 is 5.11 Å². The number of esters is 2. The van der Waals surface area contributed by atoms with Crippen LogP contribution in [-0.2, 0) is 28.6 Å². The van der Waals surface area contributed by atoms with Crippen molar-refractivity contribution in [2.75, 3.05) is 41.0 Å². The molecule has 8 nitrogen and oxygen atoms in total. The molecule has 0 aromatic carbocycles. The average Bonchev–Trinajstić information content (AvgIpc) is 3.21. The number of hydrogen-bond acceptors (Lipinski definition) is 7. The third kappa shape index (κ3) is 40.4. The summed E-state index contributed by atoms with van der Waals surface area (Å²) >= 11 is 0. The molecule has 0 amide bonds. The summed E-state index contributed by atoms with van der Waals surface area (Å²) in [6.07, 6.45) is 52.5. The highest BCUT2D eigenvalue weighted by Gasteiger charge is 2.25. The first kappa shape index (κ1) is 57.0. The smallest absolute Gasteiger partial charge is 0.306 e. The van der Waals surface area contributed by atoms with Crippen molar-refractivity contribution >= 4 is 17.9 Å². The number of allylic oxidation sites excluding steroid dienone is 10. The first-order chi connectivity index (χ1) is 29.1. The van der Waals surface area contributed by atoms with Crippen LogP contribution in [0.3, 0.4) is 0 Å². The summed E-state index contributed by atoms with van der Waals surface area (Å²) in [5.74, 6) is -1.76. The molecule has 0 saturated heterocycles. The van der Waals surface area contributed by atoms with Crippen molar-refractivity contribution in [3.05, 3.63) is 60.8 Å². The molecule has 0 aliphatic carbocycles. The van der Waals surface area contributed by atoms with Gasteiger partial charge in [0, 0.05) is 19.3 Å². The summed E-state index contributed by atoms with van der Waals surface area (Å²) in [7, 11) is 5.40. The van der Waals surface area contributed by atoms with Crippen LogP contribution in [0.4, 0.5) is 0 Å². The van der Waals surface area contributed by atoms with Crippen LogP contribution >= 0.6 is 0 Å². The summed E-state index contributed by atoms with van der Waals surface area (Å²) in [6, 6.07) is -0.730. The van der Waals surface area contributed by atoms with Crippen molar-refractivity contribution in [2.24, 2.45) is 0 Å². The lowest BCUT2D eigenvalue weighted by molar-refractivity contribution is -0.889. The predicted octanol–water partition coefficient (Wildman–Crippen LogP) is 12.4. The van der Waals surface area contributed by atoms with Crippen LogP contribution in [0.1, 0.15) is 200 Å². The zero-order valence-electron chi connectivity index (χ0n) is 39.4. The quantitative estimate of drug-likeness (QED) is 0.0261. The number of carbonyl (C=O) groups excluding carboxylic acids is 3. The molecular weight excluding hydrogens is 751 g/mol. The topological polar surface area (TPSA) is 102 Å². The Morgan fingerprint density at radius 2 is 0.933 bits per heavy atom. The van der Waals surface area contributed by atoms with Gasteiger partial charge in [-0.25, -0.2) is 0 Å². The summed E-state index contributed by atoms with van der Waals surface area (Å²) in [5, 5.41) is 11.6. The molecule has 0 saturated carbocycles. The number of hydrogen-bond donors (Lipinski definition) is 0. The molecule has 0 fully saturated rings. The monoisotopic (exact) mass is 842 g/mol. The number of unbranched alkanes of at least 4 members (excludes halogenated alkanes) is 19. The first-order valence-electron chi connectivity index (χ1n) is 24.3. The maximum atomic E-state index is 12.8. The number of aliphatic carboxylic acids is 1. The van der Waals surface area contributed by atoms with Gasteiger partial charge in [-0.15, -0.1) is 0 Å². The normalized spacial score (nSPS) is 13.4. The molecule has 0 aliphatic heterocycles. The lowest BCUT2D eigenvalue weighted by Gasteiger charge is -2.34. The molecular formula is C52H91NO7. The molecule has 8 heteroatoms. The second kappa shape index (κ2) is 42.7. The Kier molecular flexibility index (Phi) is 40.6. The van der Waals surface area contributed by atoms with Gasteiger partial charge in [0.2, 0.25) is 0 Å². The highest BCUT2D eigenvalue weighted by atomic mass is 16.6. The fourth-order valence-corrected chi connectivity index (χ4v) is 6.88. The molecule has 0 aliphatic rings. The summed E-state index contributed by atoms with van der Waals surface area (Å²) in [6.45, 7) is 4.52. The zero-order valence-corrected chi connectivity index (χ0v) is 39.4. The van der Waals surface area contributed by atoms with Crippen LogP contribution in [0.15, 0.2) is 60.8 Å². The van der Waals surface area contributed by atoms with E-state index in [1.54, 1.807) is 21.1 Å². The van der Waals surface area contributed by atoms with Gasteiger partial charge in [-0.3, -0.25) is 9.59 Å². The summed E-state index contributed by atoms with van der Waals surface area (Å²) < 4.78 is 17.2. The SMILES string of the molecule is CC/C=C/C/C=C/C/C=C/C/C=C/CCCCCCCCCCCCC(=O)OC(COCCC(C(=O)[O-])[N+](C)(C)C)COC(=O)CCCCC/C=C/CCCCCCCC. The fraction of sp³-hybridized carbons (Fsp3) is 0.750. The molecule has 0 spiro atoms. The van der Waals surface area contributed by atoms with Gasteiger partial charge in [0.15, 0.2) is 6.10 Å². The van der Waals surface area contributed by atoms with Crippen LogP contribution in [0.5, 0.6) is 0 Å². The molecule has 0 bridgehead atoms. The molecule has 0 radical (unpaired) electrons. The van der Waals surface area contributed by atoms with Gasteiger partial charge in [-0.2, -0.15) is 0 Å². The van der Waals surface area contributed by atoms with Gasteiger partial charge >= 0.3 is 11.9 Å². The predicted molar refractivity (Wildman–Crippen MR) is 249 cm³/mol. The van der Waals surface area contributed by atoms with E-state index in [2.05, 4.69) is 74.6 Å². The largest absolute Gasteiger partial charge is 0.544 e. The Morgan fingerprint density at radius 3 is 1.42 bits per heavy atom. The van der Waals surface area contributed by atoms with Gasteiger partial charge < -0.3 is 28.6 Å². The maximum absolute atomic E-state index is 12.8. The number of likely N-dealkylation sites (N-methyl/N-ethyl adjacent to an activating group) is 1. The molecule has 346 valence electrons. The Morgan fingerprint density at radius 1 is 0.517 bits per heavy atom. The highest BCUT2D eigenvalue weighted by molar-refractivity contribution is 5.70. The molecule has 0 aromatic rings. The van der Waals surface area contributed by atoms with Crippen LogP contribution in [0.2, 0.25) is 0 Å². The molecule has 2 unspecified atom stereocenters. The van der Waals surface area contributed by atoms with E-state index in [1.807, 2.05) is 0 Å². The zero-order chi connectivity index (χ0) is 44.2. The van der Waals surface area contributed by atoms with Crippen molar-refractivity contribution in [3.63, 3.8) is 0 Å². The van der Waals surface area contributed by atoms with Crippen molar-refractivity contribution in [2.45, 2.75) is 212 Å². The molecule has 0 aromatic heterocycles. The molecule has 0 rings (SSSR count). The third-order valence-corrected chi connectivity index (χ3v) is 10.6. The Balaban J connectivity index is 4.26. The lowest BCUT2D eigenvalue weighted by atomic mass is 10.0. The number of carboxylic acids is 1. The van der Waals surface area contributed by atoms with Gasteiger partial charge in [0.1, 0.15) is 12.6 Å². The van der Waals surface area contributed by atoms with E-state index in [9.17, 15) is 19.5 Å². The van der Waals surface area contributed by atoms with Gasteiger partial charge in [-0.05, 0) is 77.0 Å². The van der Waals surface area contributed by atoms with Crippen molar-refractivity contribution < 1.29 is 38.2 Å². The number of nitrogens with zero attached hydrogens (tertiary/aromatic N) is 1. The van der Waals surface area contributed by atoms with Gasteiger partial charge in [-0.1, -0.05) is 164 Å². The third-order valence-electron chi connectivity index (χ3n) is 10.6. The second-order valence-electron chi connectivity index (χ2n) is 17.3. The maximum Gasteiger partial charge on any atom is 0.306 e. The minimum atomic E-state index is -1.13. The second-order valence-corrected chi connectivity index (χ2v) is 17.3. The number of carbonyl (C=O) groups is 3. The average molecular weight is 842 g/mol. The Labute approximate surface area is 368 Å². The first-order valence-corrected chi connectivity index (χ1v) is 24.3. The van der Waals surface area contributed by atoms with Crippen LogP contribution in [0.25, 0.3) is 0 Å². The standard InChI is InChI=1S/C52H91NO7/c1-6-8-10-12-14-16-18-20-21-22-23-24-25-26-27-28-29-31-33-35-37-39-41-43-51(55)60-48(46-58-45-44-49(52(56)57)53(3,4)5)47-59-50(54)42-40-38-36-34-32-30-19-17-15-13-11-9-7-2/h8,10,14,16,20-21,23-24,30,32,48-49H,6-7,9,11-13,15,17-19,22,25-29,31,33-47H2,1-5H3/b10-8+,16-14+,21-20+,24-23+,32-30+. The van der Waals surface area contributed by atoms with E-state index in [-0.39, 0.29) is 42.7 Å². The van der Waals surface area contributed by atoms with Crippen molar-refractivity contribution in [1.29, 1.82) is 0 Å². The lowest BCUT2D eigenvalue weighted by Crippen LogP contribution is -2.55. The van der Waals surface area contributed by atoms with E-state index in [1.165, 1.54) is 89.9 Å². The molecule has 0 heterocycles. The summed E-state index contributed by atoms with van der Waals surface area (Å²) in [4.78, 5) is 36.9. The Hall–Kier alpha value is -2.97. The number of ether oxygens (including phenoxy) is 3. The number of rotatable bonds is 43. The van der Waals surface area contributed by atoms with E-state index in [0.29, 0.717) is 12.8 Å². The number of quaternary nitrogens is 1. The molecule has 2 atom stereocenters. The van der Waals surface area contributed by atoms with Gasteiger partial charge in [0.25, 0.3) is 0 Å². The van der Waals surface area contributed by atoms with Crippen molar-refractivity contribution in [3.8, 4) is 0 Å². The number of carboxylic acid groups (broad SMARTS) is 1. The van der Waals surface area contributed by atoms with Crippen LogP contribution in [-0.4, -0.2) is 75.5 Å². The van der Waals surface area contributed by atoms with E-state index in [4.69, 9.17) is 14.2 Å². The Bertz CT molecular complexity index is 1170. The van der Waals surface area contributed by atoms with E-state index < -0.39 is 18.1 Å². The van der Waals surface area contributed by atoms with E-state index >= 15 is 0 Å². The minimum Gasteiger partial charge on any atom is -0.544 e. The minimum absolute atomic E-state index is 0.0332. The van der Waals surface area contributed by atoms with Gasteiger partial charge in [0.05, 0.1) is 40.3 Å². The highest BCUT2D eigenvalue weighted by Crippen LogP contribution is 2.14. The van der Waals surface area contributed by atoms with Crippen LogP contribution in [0, 0.1) is 0 Å².